The molecule has 7 nitrogen and oxygen atoms in total. The number of aromatic amines is 1. The molecule has 0 amide bonds. The van der Waals surface area contributed by atoms with E-state index in [9.17, 15) is 9.59 Å². The second kappa shape index (κ2) is 9.70. The molecule has 1 saturated heterocycles. The Morgan fingerprint density at radius 1 is 1.21 bits per heavy atom. The molecule has 0 radical (unpaired) electrons. The van der Waals surface area contributed by atoms with Crippen LogP contribution in [-0.2, 0) is 13.0 Å². The van der Waals surface area contributed by atoms with Gasteiger partial charge in [-0.1, -0.05) is 12.1 Å². The van der Waals surface area contributed by atoms with E-state index < -0.39 is 0 Å². The molecule has 0 saturated carbocycles. The van der Waals surface area contributed by atoms with Crippen LogP contribution in [-0.4, -0.2) is 34.2 Å². The fourth-order valence-electron chi connectivity index (χ4n) is 5.66. The molecule has 4 heterocycles. The van der Waals surface area contributed by atoms with Gasteiger partial charge < -0.3 is 15.0 Å². The third kappa shape index (κ3) is 3.82. The van der Waals surface area contributed by atoms with Crippen molar-refractivity contribution in [2.24, 2.45) is 5.92 Å². The molecule has 6 rings (SSSR count). The summed E-state index contributed by atoms with van der Waals surface area (Å²) >= 11 is 1.39. The number of H-pyrrole nitrogens is 1. The zero-order chi connectivity index (χ0) is 21.8. The summed E-state index contributed by atoms with van der Waals surface area (Å²) in [4.78, 5) is 33.2. The van der Waals surface area contributed by atoms with Gasteiger partial charge in [0.15, 0.2) is 0 Å². The van der Waals surface area contributed by atoms with Crippen LogP contribution in [0.5, 0.6) is 5.75 Å². The van der Waals surface area contributed by atoms with Crippen LogP contribution < -0.4 is 21.3 Å². The smallest absolute Gasteiger partial charge is 0.328 e. The molecule has 180 valence electrons. The number of ether oxygens (including phenoxy) is 1. The summed E-state index contributed by atoms with van der Waals surface area (Å²) in [5.74, 6) is 1.91. The fraction of sp³-hybridized carbons (Fsp3) is 0.375. The lowest BCUT2D eigenvalue weighted by Crippen LogP contribution is -2.37. The first-order valence-corrected chi connectivity index (χ1v) is 11.9. The predicted octanol–water partition coefficient (Wildman–Crippen LogP) is 3.86. The molecule has 2 N–H and O–H groups in total. The molecule has 0 bridgehead atoms. The maximum Gasteiger partial charge on any atom is 0.328 e. The van der Waals surface area contributed by atoms with Crippen LogP contribution >= 0.6 is 36.2 Å². The molecule has 1 aliphatic heterocycles. The highest BCUT2D eigenvalue weighted by molar-refractivity contribution is 7.25. The van der Waals surface area contributed by atoms with Crippen LogP contribution in [0.3, 0.4) is 0 Å². The van der Waals surface area contributed by atoms with Crippen molar-refractivity contribution in [1.82, 2.24) is 19.9 Å². The Hall–Kier alpha value is -2.39. The number of aromatic nitrogens is 3. The van der Waals surface area contributed by atoms with E-state index in [2.05, 4.69) is 27.4 Å². The van der Waals surface area contributed by atoms with Crippen LogP contribution in [0.2, 0.25) is 0 Å². The summed E-state index contributed by atoms with van der Waals surface area (Å²) in [5.41, 5.74) is 3.29. The molecular formula is C24H26Cl2N4O3S. The SMILES string of the molecule is COc1cccc2c1CC[C@H]1CNC(CCn3c(=O)[nH]c4c(sc5cccnc54)c3=O)[C@@H]21.Cl.Cl. The van der Waals surface area contributed by atoms with E-state index >= 15 is 0 Å². The average Bonchev–Trinajstić information content (AvgIpc) is 3.40. The van der Waals surface area contributed by atoms with E-state index in [0.717, 1.165) is 36.3 Å². The van der Waals surface area contributed by atoms with Crippen molar-refractivity contribution in [3.05, 3.63) is 68.5 Å². The van der Waals surface area contributed by atoms with Crippen LogP contribution in [0.1, 0.15) is 29.9 Å². The first kappa shape index (κ1) is 24.7. The van der Waals surface area contributed by atoms with E-state index in [1.165, 1.54) is 27.0 Å². The zero-order valence-electron chi connectivity index (χ0n) is 18.6. The topological polar surface area (TPSA) is 89.0 Å². The Bertz CT molecular complexity index is 1460. The summed E-state index contributed by atoms with van der Waals surface area (Å²) in [6, 6.07) is 10.3. The van der Waals surface area contributed by atoms with Gasteiger partial charge in [-0.25, -0.2) is 4.79 Å². The molecule has 1 aromatic carbocycles. The first-order chi connectivity index (χ1) is 15.7. The quantitative estimate of drug-likeness (QED) is 0.426. The minimum atomic E-state index is -0.367. The zero-order valence-corrected chi connectivity index (χ0v) is 21.0. The van der Waals surface area contributed by atoms with Gasteiger partial charge in [0.25, 0.3) is 5.56 Å². The number of rotatable bonds is 4. The summed E-state index contributed by atoms with van der Waals surface area (Å²) < 4.78 is 8.42. The molecule has 0 spiro atoms. The second-order valence-electron chi connectivity index (χ2n) is 8.70. The highest BCUT2D eigenvalue weighted by Gasteiger charge is 2.40. The maximum absolute atomic E-state index is 13.2. The van der Waals surface area contributed by atoms with E-state index in [0.29, 0.717) is 34.1 Å². The monoisotopic (exact) mass is 520 g/mol. The second-order valence-corrected chi connectivity index (χ2v) is 9.75. The lowest BCUT2D eigenvalue weighted by molar-refractivity contribution is 0.371. The van der Waals surface area contributed by atoms with Gasteiger partial charge in [0.1, 0.15) is 16.0 Å². The number of nitrogens with one attached hydrogen (secondary N) is 2. The number of methoxy groups -OCH3 is 1. The van der Waals surface area contributed by atoms with Crippen molar-refractivity contribution >= 4 is 56.6 Å². The number of nitrogens with zero attached hydrogens (tertiary/aromatic N) is 2. The minimum absolute atomic E-state index is 0. The Morgan fingerprint density at radius 3 is 2.88 bits per heavy atom. The van der Waals surface area contributed by atoms with Gasteiger partial charge in [-0.3, -0.25) is 14.3 Å². The van der Waals surface area contributed by atoms with Crippen LogP contribution in [0, 0.1) is 5.92 Å². The normalized spacial score (nSPS) is 20.9. The summed E-state index contributed by atoms with van der Waals surface area (Å²) in [5, 5.41) is 3.67. The Kier molecular flexibility index (Phi) is 7.05. The standard InChI is InChI=1S/C24H24N4O3S.2ClH/c1-31-17-5-2-4-15-14(17)8-7-13-12-26-16(19(13)15)9-11-28-23(29)22-21(27-24(28)30)20-18(32-22)6-3-10-25-20;;/h2-6,10,13,16,19,26H,7-9,11-12H2,1H3,(H,27,30);2*1H/t13-,16?,19+;;/m0../s1. The van der Waals surface area contributed by atoms with Crippen molar-refractivity contribution in [3.63, 3.8) is 0 Å². The number of hydrogen-bond acceptors (Lipinski definition) is 6. The van der Waals surface area contributed by atoms with E-state index in [1.54, 1.807) is 13.3 Å². The van der Waals surface area contributed by atoms with Gasteiger partial charge in [-0.15, -0.1) is 36.2 Å². The maximum atomic E-state index is 13.2. The molecule has 1 fully saturated rings. The first-order valence-electron chi connectivity index (χ1n) is 11.0. The number of halogens is 2. The minimum Gasteiger partial charge on any atom is -0.496 e. The lowest BCUT2D eigenvalue weighted by atomic mass is 9.73. The summed E-state index contributed by atoms with van der Waals surface area (Å²) in [7, 11) is 1.73. The predicted molar refractivity (Wildman–Crippen MR) is 140 cm³/mol. The molecule has 4 aromatic rings. The van der Waals surface area contributed by atoms with E-state index in [4.69, 9.17) is 4.74 Å². The van der Waals surface area contributed by atoms with Gasteiger partial charge in [-0.05, 0) is 61.1 Å². The molecule has 10 heteroatoms. The number of thiophene rings is 1. The van der Waals surface area contributed by atoms with Crippen molar-refractivity contribution in [2.75, 3.05) is 13.7 Å². The van der Waals surface area contributed by atoms with Crippen LogP contribution in [0.4, 0.5) is 0 Å². The number of hydrogen-bond donors (Lipinski definition) is 2. The number of benzene rings is 1. The van der Waals surface area contributed by atoms with E-state index in [-0.39, 0.29) is 42.1 Å². The van der Waals surface area contributed by atoms with Crippen molar-refractivity contribution in [3.8, 4) is 5.75 Å². The Labute approximate surface area is 212 Å². The molecular weight excluding hydrogens is 495 g/mol. The number of pyridine rings is 1. The van der Waals surface area contributed by atoms with Gasteiger partial charge in [0.05, 0.1) is 17.3 Å². The van der Waals surface area contributed by atoms with Crippen molar-refractivity contribution in [1.29, 1.82) is 0 Å². The molecule has 1 aliphatic carbocycles. The molecule has 34 heavy (non-hydrogen) atoms. The van der Waals surface area contributed by atoms with Gasteiger partial charge in [0.2, 0.25) is 0 Å². The van der Waals surface area contributed by atoms with Gasteiger partial charge in [-0.2, -0.15) is 0 Å². The summed E-state index contributed by atoms with van der Waals surface area (Å²) in [6.07, 6.45) is 4.56. The third-order valence-electron chi connectivity index (χ3n) is 7.12. The molecule has 3 aromatic heterocycles. The molecule has 3 atom stereocenters. The van der Waals surface area contributed by atoms with Crippen LogP contribution in [0.25, 0.3) is 20.4 Å². The van der Waals surface area contributed by atoms with E-state index in [1.807, 2.05) is 18.2 Å². The van der Waals surface area contributed by atoms with Crippen LogP contribution in [0.15, 0.2) is 46.1 Å². The van der Waals surface area contributed by atoms with Gasteiger partial charge >= 0.3 is 5.69 Å². The highest BCUT2D eigenvalue weighted by Crippen LogP contribution is 2.45. The summed E-state index contributed by atoms with van der Waals surface area (Å²) in [6.45, 7) is 1.35. The van der Waals surface area contributed by atoms with Crippen molar-refractivity contribution < 1.29 is 4.74 Å². The highest BCUT2D eigenvalue weighted by atomic mass is 35.5. The molecule has 1 unspecified atom stereocenters. The largest absolute Gasteiger partial charge is 0.496 e. The van der Waals surface area contributed by atoms with Crippen molar-refractivity contribution in [2.45, 2.75) is 37.8 Å². The average molecular weight is 521 g/mol. The lowest BCUT2D eigenvalue weighted by Gasteiger charge is -2.32. The third-order valence-corrected chi connectivity index (χ3v) is 8.26. The van der Waals surface area contributed by atoms with Gasteiger partial charge in [0, 0.05) is 24.7 Å². The number of fused-ring (bicyclic) bond motifs is 6. The Morgan fingerprint density at radius 2 is 2.06 bits per heavy atom. The Balaban J connectivity index is 0.00000137. The molecule has 2 aliphatic rings. The fourth-order valence-corrected chi connectivity index (χ4v) is 6.72.